The molecule has 0 fully saturated rings. The molecule has 2 aromatic rings. The molecule has 0 unspecified atom stereocenters. The number of hydrogen-bond donors (Lipinski definition) is 1. The summed E-state index contributed by atoms with van der Waals surface area (Å²) in [6, 6.07) is 7.87. The lowest BCUT2D eigenvalue weighted by Gasteiger charge is -2.17. The zero-order valence-electron chi connectivity index (χ0n) is 12.0. The Kier molecular flexibility index (Phi) is 5.82. The van der Waals surface area contributed by atoms with Crippen molar-refractivity contribution in [2.45, 2.75) is 0 Å². The first-order valence-corrected chi connectivity index (χ1v) is 7.62. The Bertz CT molecular complexity index is 752. The van der Waals surface area contributed by atoms with Gasteiger partial charge in [0.15, 0.2) is 0 Å². The lowest BCUT2D eigenvalue weighted by Crippen LogP contribution is -2.35. The molecular formula is C15H12Cl3N3O2. The molecule has 0 aliphatic rings. The lowest BCUT2D eigenvalue weighted by atomic mass is 10.2. The first-order valence-electron chi connectivity index (χ1n) is 6.49. The van der Waals surface area contributed by atoms with Crippen molar-refractivity contribution in [3.8, 4) is 0 Å². The number of halogens is 3. The fourth-order valence-corrected chi connectivity index (χ4v) is 2.31. The summed E-state index contributed by atoms with van der Waals surface area (Å²) in [5, 5.41) is 3.45. The monoisotopic (exact) mass is 371 g/mol. The van der Waals surface area contributed by atoms with Gasteiger partial charge in [-0.05, 0) is 30.3 Å². The maximum atomic E-state index is 12.2. The van der Waals surface area contributed by atoms with Crippen LogP contribution >= 0.6 is 34.8 Å². The van der Waals surface area contributed by atoms with E-state index in [1.54, 1.807) is 24.3 Å². The maximum absolute atomic E-state index is 12.2. The molecule has 1 N–H and O–H groups in total. The Balaban J connectivity index is 2.00. The van der Waals surface area contributed by atoms with Gasteiger partial charge < -0.3 is 10.2 Å². The van der Waals surface area contributed by atoms with Crippen LogP contribution in [0.2, 0.25) is 15.2 Å². The maximum Gasteiger partial charge on any atom is 0.257 e. The fourth-order valence-electron chi connectivity index (χ4n) is 1.81. The van der Waals surface area contributed by atoms with Crippen LogP contribution in [-0.4, -0.2) is 35.3 Å². The third-order valence-electron chi connectivity index (χ3n) is 2.92. The predicted octanol–water partition coefficient (Wildman–Crippen LogP) is 3.75. The largest absolute Gasteiger partial charge is 0.332 e. The van der Waals surface area contributed by atoms with E-state index in [1.165, 1.54) is 24.2 Å². The molecule has 2 rings (SSSR count). The molecule has 0 saturated heterocycles. The molecule has 120 valence electrons. The summed E-state index contributed by atoms with van der Waals surface area (Å²) in [6.07, 6.45) is 1.48. The van der Waals surface area contributed by atoms with E-state index in [-0.39, 0.29) is 23.2 Å². The molecule has 0 aliphatic carbocycles. The Morgan fingerprint density at radius 2 is 1.91 bits per heavy atom. The number of carbonyl (C=O) groups excluding carboxylic acids is 2. The lowest BCUT2D eigenvalue weighted by molar-refractivity contribution is -0.116. The molecule has 1 heterocycles. The molecule has 23 heavy (non-hydrogen) atoms. The molecule has 1 aromatic heterocycles. The molecule has 0 aliphatic heterocycles. The fraction of sp³-hybridized carbons (Fsp3) is 0.133. The Morgan fingerprint density at radius 1 is 1.17 bits per heavy atom. The summed E-state index contributed by atoms with van der Waals surface area (Å²) >= 11 is 17.6. The van der Waals surface area contributed by atoms with Crippen molar-refractivity contribution in [2.75, 3.05) is 18.9 Å². The Morgan fingerprint density at radius 3 is 2.57 bits per heavy atom. The quantitative estimate of drug-likeness (QED) is 0.831. The van der Waals surface area contributed by atoms with Crippen molar-refractivity contribution < 1.29 is 9.59 Å². The van der Waals surface area contributed by atoms with E-state index in [2.05, 4.69) is 10.3 Å². The number of anilines is 1. The number of hydrogen-bond acceptors (Lipinski definition) is 3. The minimum absolute atomic E-state index is 0.0919. The first kappa shape index (κ1) is 17.5. The second-order valence-electron chi connectivity index (χ2n) is 4.68. The van der Waals surface area contributed by atoms with Crippen molar-refractivity contribution in [1.82, 2.24) is 9.88 Å². The van der Waals surface area contributed by atoms with Gasteiger partial charge in [0.1, 0.15) is 5.15 Å². The number of nitrogens with one attached hydrogen (secondary N) is 1. The zero-order valence-corrected chi connectivity index (χ0v) is 14.3. The molecule has 5 nitrogen and oxygen atoms in total. The van der Waals surface area contributed by atoms with Gasteiger partial charge in [-0.1, -0.05) is 34.8 Å². The van der Waals surface area contributed by atoms with Crippen molar-refractivity contribution in [1.29, 1.82) is 0 Å². The standard InChI is InChI=1S/C15H12Cl3N3O2/c1-21(15(23)10-3-2-6-19-14(10)18)8-13(22)20-9-4-5-11(16)12(17)7-9/h2-7H,8H2,1H3,(H,20,22). The van der Waals surface area contributed by atoms with Crippen molar-refractivity contribution in [2.24, 2.45) is 0 Å². The second kappa shape index (κ2) is 7.64. The second-order valence-corrected chi connectivity index (χ2v) is 5.85. The van der Waals surface area contributed by atoms with Crippen LogP contribution in [0.1, 0.15) is 10.4 Å². The van der Waals surface area contributed by atoms with Gasteiger partial charge in [-0.3, -0.25) is 9.59 Å². The number of carbonyl (C=O) groups is 2. The van der Waals surface area contributed by atoms with Gasteiger partial charge in [0.2, 0.25) is 5.91 Å². The number of pyridine rings is 1. The van der Waals surface area contributed by atoms with Crippen LogP contribution in [0.5, 0.6) is 0 Å². The molecule has 0 atom stereocenters. The average molecular weight is 373 g/mol. The topological polar surface area (TPSA) is 62.3 Å². The summed E-state index contributed by atoms with van der Waals surface area (Å²) in [4.78, 5) is 29.3. The molecule has 2 amide bonds. The van der Waals surface area contributed by atoms with Gasteiger partial charge in [-0.15, -0.1) is 0 Å². The summed E-state index contributed by atoms with van der Waals surface area (Å²) in [6.45, 7) is -0.149. The average Bonchev–Trinajstić information content (AvgIpc) is 2.50. The molecular weight excluding hydrogens is 361 g/mol. The van der Waals surface area contributed by atoms with E-state index < -0.39 is 5.91 Å². The molecule has 0 bridgehead atoms. The van der Waals surface area contributed by atoms with E-state index in [0.29, 0.717) is 15.7 Å². The normalized spacial score (nSPS) is 10.3. The third kappa shape index (κ3) is 4.58. The number of likely N-dealkylation sites (N-methyl/N-ethyl adjacent to an activating group) is 1. The highest BCUT2D eigenvalue weighted by Gasteiger charge is 2.18. The molecule has 1 aromatic carbocycles. The molecule has 0 saturated carbocycles. The van der Waals surface area contributed by atoms with Crippen LogP contribution < -0.4 is 5.32 Å². The number of benzene rings is 1. The summed E-state index contributed by atoms with van der Waals surface area (Å²) < 4.78 is 0. The number of aromatic nitrogens is 1. The van der Waals surface area contributed by atoms with E-state index in [4.69, 9.17) is 34.8 Å². The Hall–Kier alpha value is -1.82. The van der Waals surface area contributed by atoms with Crippen LogP contribution in [0.25, 0.3) is 0 Å². The minimum Gasteiger partial charge on any atom is -0.332 e. The highest BCUT2D eigenvalue weighted by molar-refractivity contribution is 6.42. The highest BCUT2D eigenvalue weighted by atomic mass is 35.5. The molecule has 0 spiro atoms. The van der Waals surface area contributed by atoms with E-state index in [1.807, 2.05) is 0 Å². The smallest absolute Gasteiger partial charge is 0.257 e. The summed E-state index contributed by atoms with van der Waals surface area (Å²) in [5.74, 6) is -0.772. The minimum atomic E-state index is -0.396. The van der Waals surface area contributed by atoms with E-state index >= 15 is 0 Å². The third-order valence-corrected chi connectivity index (χ3v) is 3.96. The van der Waals surface area contributed by atoms with Gasteiger partial charge in [0, 0.05) is 18.9 Å². The van der Waals surface area contributed by atoms with Gasteiger partial charge in [-0.2, -0.15) is 0 Å². The summed E-state index contributed by atoms with van der Waals surface area (Å²) in [5.41, 5.74) is 0.726. The van der Waals surface area contributed by atoms with E-state index in [9.17, 15) is 9.59 Å². The van der Waals surface area contributed by atoms with Gasteiger partial charge in [0.25, 0.3) is 5.91 Å². The van der Waals surface area contributed by atoms with Gasteiger partial charge >= 0.3 is 0 Å². The van der Waals surface area contributed by atoms with Gasteiger partial charge in [0.05, 0.1) is 22.2 Å². The van der Waals surface area contributed by atoms with Crippen molar-refractivity contribution in [3.05, 3.63) is 57.3 Å². The van der Waals surface area contributed by atoms with Crippen LogP contribution in [-0.2, 0) is 4.79 Å². The van der Waals surface area contributed by atoms with Crippen LogP contribution in [0, 0.1) is 0 Å². The van der Waals surface area contributed by atoms with Crippen LogP contribution in [0.3, 0.4) is 0 Å². The molecule has 0 radical (unpaired) electrons. The number of nitrogens with zero attached hydrogens (tertiary/aromatic N) is 2. The first-order chi connectivity index (χ1) is 10.9. The number of rotatable bonds is 4. The summed E-state index contributed by atoms with van der Waals surface area (Å²) in [7, 11) is 1.50. The van der Waals surface area contributed by atoms with Gasteiger partial charge in [-0.25, -0.2) is 4.98 Å². The highest BCUT2D eigenvalue weighted by Crippen LogP contribution is 2.25. The Labute approximate surface area is 148 Å². The van der Waals surface area contributed by atoms with Crippen molar-refractivity contribution >= 4 is 52.3 Å². The SMILES string of the molecule is CN(CC(=O)Nc1ccc(Cl)c(Cl)c1)C(=O)c1cccnc1Cl. The zero-order chi connectivity index (χ0) is 17.0. The van der Waals surface area contributed by atoms with Crippen LogP contribution in [0.15, 0.2) is 36.5 Å². The molecule has 8 heteroatoms. The van der Waals surface area contributed by atoms with E-state index in [0.717, 1.165) is 0 Å². The van der Waals surface area contributed by atoms with Crippen LogP contribution in [0.4, 0.5) is 5.69 Å². The predicted molar refractivity (Wildman–Crippen MR) is 91.3 cm³/mol. The number of amides is 2. The van der Waals surface area contributed by atoms with Crippen molar-refractivity contribution in [3.63, 3.8) is 0 Å².